The molecule has 2 rings (SSSR count). The molecule has 104 valence electrons. The van der Waals surface area contributed by atoms with Gasteiger partial charge in [0.2, 0.25) is 0 Å². The van der Waals surface area contributed by atoms with Crippen LogP contribution in [0, 0.1) is 0 Å². The molecule has 0 fully saturated rings. The van der Waals surface area contributed by atoms with E-state index < -0.39 is 12.1 Å². The van der Waals surface area contributed by atoms with Gasteiger partial charge in [-0.2, -0.15) is 13.2 Å². The van der Waals surface area contributed by atoms with Gasteiger partial charge >= 0.3 is 12.1 Å². The molecule has 0 aromatic carbocycles. The first-order valence-electron chi connectivity index (χ1n) is 4.77. The Morgan fingerprint density at radius 1 is 1.53 bits per heavy atom. The quantitative estimate of drug-likeness (QED) is 0.848. The third kappa shape index (κ3) is 4.34. The highest BCUT2D eigenvalue weighted by molar-refractivity contribution is 7.17. The number of hydrogen-bond donors (Lipinski definition) is 2. The number of aromatic nitrogens is 1. The molecule has 0 aliphatic carbocycles. The summed E-state index contributed by atoms with van der Waals surface area (Å²) in [6.45, 7) is 0.509. The van der Waals surface area contributed by atoms with E-state index in [0.29, 0.717) is 6.54 Å². The van der Waals surface area contributed by atoms with Crippen LogP contribution < -0.4 is 5.73 Å². The van der Waals surface area contributed by atoms with Crippen LogP contribution >= 0.6 is 22.9 Å². The van der Waals surface area contributed by atoms with Gasteiger partial charge in [0.25, 0.3) is 0 Å². The minimum Gasteiger partial charge on any atom is -0.475 e. The fourth-order valence-electron chi connectivity index (χ4n) is 1.04. The van der Waals surface area contributed by atoms with Crippen LogP contribution in [0.25, 0.3) is 10.2 Å². The molecule has 2 aromatic rings. The smallest absolute Gasteiger partial charge is 0.475 e. The molecule has 2 heterocycles. The average molecular weight is 313 g/mol. The molecule has 9 heteroatoms. The zero-order valence-electron chi connectivity index (χ0n) is 9.24. The lowest BCUT2D eigenvalue weighted by Crippen LogP contribution is -2.21. The van der Waals surface area contributed by atoms with Gasteiger partial charge in [0, 0.05) is 23.5 Å². The van der Waals surface area contributed by atoms with Crippen LogP contribution in [0.5, 0.6) is 0 Å². The number of fused-ring (bicyclic) bond motifs is 1. The summed E-state index contributed by atoms with van der Waals surface area (Å²) in [4.78, 5) is 14.1. The van der Waals surface area contributed by atoms with Crippen molar-refractivity contribution in [1.29, 1.82) is 0 Å². The summed E-state index contributed by atoms with van der Waals surface area (Å²) in [5, 5.41) is 10.8. The van der Waals surface area contributed by atoms with Crippen LogP contribution in [0.15, 0.2) is 17.6 Å². The molecular formula is C10H8ClF3N2O2S. The molecule has 3 N–H and O–H groups in total. The second kappa shape index (κ2) is 6.18. The third-order valence-corrected chi connectivity index (χ3v) is 3.26. The van der Waals surface area contributed by atoms with E-state index >= 15 is 0 Å². The number of carbonyl (C=O) groups is 1. The number of hydrogen-bond acceptors (Lipinski definition) is 4. The first-order chi connectivity index (χ1) is 8.75. The highest BCUT2D eigenvalue weighted by Crippen LogP contribution is 2.28. The van der Waals surface area contributed by atoms with Crippen molar-refractivity contribution in [3.8, 4) is 0 Å². The Morgan fingerprint density at radius 3 is 2.58 bits per heavy atom. The highest BCUT2D eigenvalue weighted by Gasteiger charge is 2.38. The van der Waals surface area contributed by atoms with Crippen LogP contribution in [0.2, 0.25) is 5.02 Å². The number of carboxylic acids is 1. The predicted molar refractivity (Wildman–Crippen MR) is 66.2 cm³/mol. The first-order valence-corrected chi connectivity index (χ1v) is 6.03. The number of pyridine rings is 1. The second-order valence-corrected chi connectivity index (χ2v) is 4.55. The summed E-state index contributed by atoms with van der Waals surface area (Å²) in [6.07, 6.45) is -3.30. The van der Waals surface area contributed by atoms with Gasteiger partial charge in [0.05, 0.1) is 5.02 Å². The summed E-state index contributed by atoms with van der Waals surface area (Å²) >= 11 is 7.48. The summed E-state index contributed by atoms with van der Waals surface area (Å²) in [5.41, 5.74) is 6.50. The predicted octanol–water partition coefficient (Wildman–Crippen LogP) is 3.04. The van der Waals surface area contributed by atoms with E-state index in [0.717, 1.165) is 20.8 Å². The Bertz CT molecular complexity index is 586. The SMILES string of the molecule is NCc1cnc2scc(Cl)c2c1.O=C(O)C(F)(F)F. The molecule has 0 radical (unpaired) electrons. The van der Waals surface area contributed by atoms with Crippen LogP contribution in [-0.4, -0.2) is 22.2 Å². The number of thiophene rings is 1. The van der Waals surface area contributed by atoms with Gasteiger partial charge in [-0.05, 0) is 11.6 Å². The molecule has 0 atom stereocenters. The standard InChI is InChI=1S/C8H7ClN2S.C2HF3O2/c9-7-4-12-8-6(7)1-5(2-10)3-11-8;3-2(4,5)1(6)7/h1,3-4H,2,10H2;(H,6,7). The zero-order chi connectivity index (χ0) is 14.6. The van der Waals surface area contributed by atoms with E-state index in [1.165, 1.54) is 0 Å². The van der Waals surface area contributed by atoms with Gasteiger partial charge < -0.3 is 10.8 Å². The Morgan fingerprint density at radius 2 is 2.11 bits per heavy atom. The number of nitrogens with two attached hydrogens (primary N) is 1. The number of carboxylic acid groups (broad SMARTS) is 1. The van der Waals surface area contributed by atoms with Gasteiger partial charge in [-0.15, -0.1) is 11.3 Å². The van der Waals surface area contributed by atoms with E-state index in [9.17, 15) is 13.2 Å². The zero-order valence-corrected chi connectivity index (χ0v) is 10.8. The maximum Gasteiger partial charge on any atom is 0.490 e. The number of rotatable bonds is 1. The minimum absolute atomic E-state index is 0.509. The van der Waals surface area contributed by atoms with Gasteiger partial charge in [-0.25, -0.2) is 9.78 Å². The maximum absolute atomic E-state index is 10.6. The number of nitrogens with zero attached hydrogens (tertiary/aromatic N) is 1. The van der Waals surface area contributed by atoms with Crippen molar-refractivity contribution in [1.82, 2.24) is 4.98 Å². The van der Waals surface area contributed by atoms with E-state index in [1.54, 1.807) is 17.5 Å². The molecule has 2 aromatic heterocycles. The molecule has 0 amide bonds. The Hall–Kier alpha value is -1.38. The summed E-state index contributed by atoms with van der Waals surface area (Å²) in [5.74, 6) is -2.76. The van der Waals surface area contributed by atoms with Gasteiger partial charge in [0.1, 0.15) is 4.83 Å². The van der Waals surface area contributed by atoms with E-state index in [2.05, 4.69) is 4.98 Å². The molecule has 0 aliphatic rings. The molecule has 0 saturated carbocycles. The van der Waals surface area contributed by atoms with E-state index in [1.807, 2.05) is 11.4 Å². The minimum atomic E-state index is -5.08. The highest BCUT2D eigenvalue weighted by atomic mass is 35.5. The largest absolute Gasteiger partial charge is 0.490 e. The lowest BCUT2D eigenvalue weighted by Gasteiger charge is -1.95. The lowest BCUT2D eigenvalue weighted by molar-refractivity contribution is -0.192. The second-order valence-electron chi connectivity index (χ2n) is 3.29. The monoisotopic (exact) mass is 312 g/mol. The number of alkyl halides is 3. The summed E-state index contributed by atoms with van der Waals surface area (Å²) in [6, 6.07) is 1.99. The topological polar surface area (TPSA) is 76.2 Å². The van der Waals surface area contributed by atoms with Gasteiger partial charge in [-0.1, -0.05) is 11.6 Å². The van der Waals surface area contributed by atoms with Crippen molar-refractivity contribution in [3.63, 3.8) is 0 Å². The van der Waals surface area contributed by atoms with Crippen molar-refractivity contribution < 1.29 is 23.1 Å². The molecule has 0 bridgehead atoms. The maximum atomic E-state index is 10.6. The van der Waals surface area contributed by atoms with Gasteiger partial charge in [0.15, 0.2) is 0 Å². The molecule has 0 aliphatic heterocycles. The molecular weight excluding hydrogens is 305 g/mol. The van der Waals surface area contributed by atoms with Crippen molar-refractivity contribution in [2.24, 2.45) is 5.73 Å². The van der Waals surface area contributed by atoms with Crippen molar-refractivity contribution in [2.45, 2.75) is 12.7 Å². The van der Waals surface area contributed by atoms with Crippen molar-refractivity contribution in [2.75, 3.05) is 0 Å². The van der Waals surface area contributed by atoms with Crippen LogP contribution in [0.3, 0.4) is 0 Å². The Balaban J connectivity index is 0.000000224. The van der Waals surface area contributed by atoms with Crippen LogP contribution in [0.4, 0.5) is 13.2 Å². The van der Waals surface area contributed by atoms with Crippen molar-refractivity contribution in [3.05, 3.63) is 28.2 Å². The summed E-state index contributed by atoms with van der Waals surface area (Å²) < 4.78 is 31.7. The molecule has 0 spiro atoms. The molecule has 19 heavy (non-hydrogen) atoms. The fourth-order valence-corrected chi connectivity index (χ4v) is 2.13. The summed E-state index contributed by atoms with van der Waals surface area (Å²) in [7, 11) is 0. The number of halogens is 4. The molecule has 0 unspecified atom stereocenters. The van der Waals surface area contributed by atoms with E-state index in [4.69, 9.17) is 27.2 Å². The van der Waals surface area contributed by atoms with Crippen LogP contribution in [-0.2, 0) is 11.3 Å². The normalized spacial score (nSPS) is 11.0. The Labute approximate surface area is 114 Å². The fraction of sp³-hybridized carbons (Fsp3) is 0.200. The Kier molecular flexibility index (Phi) is 5.10. The lowest BCUT2D eigenvalue weighted by atomic mass is 10.2. The van der Waals surface area contributed by atoms with Crippen molar-refractivity contribution >= 4 is 39.1 Å². The van der Waals surface area contributed by atoms with E-state index in [-0.39, 0.29) is 0 Å². The third-order valence-electron chi connectivity index (χ3n) is 1.92. The van der Waals surface area contributed by atoms with Crippen LogP contribution in [0.1, 0.15) is 5.56 Å². The first kappa shape index (κ1) is 15.7. The average Bonchev–Trinajstić information content (AvgIpc) is 2.70. The number of aliphatic carboxylic acids is 1. The molecule has 0 saturated heterocycles. The molecule has 4 nitrogen and oxygen atoms in total. The van der Waals surface area contributed by atoms with Gasteiger partial charge in [-0.3, -0.25) is 0 Å².